The van der Waals surface area contributed by atoms with Crippen molar-refractivity contribution in [1.82, 2.24) is 0 Å². The van der Waals surface area contributed by atoms with E-state index in [1.54, 1.807) is 15.9 Å². The second-order valence-electron chi connectivity index (χ2n) is 9.44. The number of hydrogen-bond donors (Lipinski definition) is 0. The van der Waals surface area contributed by atoms with Crippen LogP contribution in [0.2, 0.25) is 0 Å². The summed E-state index contributed by atoms with van der Waals surface area (Å²) < 4.78 is 0. The van der Waals surface area contributed by atoms with Crippen LogP contribution in [0.25, 0.3) is 0 Å². The molecule has 150 valence electrons. The minimum absolute atomic E-state index is 0.728. The zero-order valence-electron chi connectivity index (χ0n) is 18.1. The van der Waals surface area contributed by atoms with Gasteiger partial charge in [0.2, 0.25) is 0 Å². The molecule has 0 N–H and O–H groups in total. The molecule has 1 heterocycles. The molecular formula is C25H34B2P2. The van der Waals surface area contributed by atoms with Crippen molar-refractivity contribution in [2.75, 3.05) is 6.16 Å². The average molecular weight is 418 g/mol. The summed E-state index contributed by atoms with van der Waals surface area (Å²) in [5, 5.41) is 4.84. The fourth-order valence-corrected chi connectivity index (χ4v) is 14.8. The van der Waals surface area contributed by atoms with Crippen LogP contribution in [0.4, 0.5) is 0 Å². The Labute approximate surface area is 179 Å². The summed E-state index contributed by atoms with van der Waals surface area (Å²) in [4.78, 5) is 0. The van der Waals surface area contributed by atoms with E-state index in [1.165, 1.54) is 25.4 Å². The quantitative estimate of drug-likeness (QED) is 0.425. The fourth-order valence-electron chi connectivity index (χ4n) is 5.78. The molecule has 3 aromatic rings. The Kier molecular flexibility index (Phi) is 6.34. The van der Waals surface area contributed by atoms with Crippen LogP contribution >= 0.6 is 14.3 Å². The van der Waals surface area contributed by atoms with E-state index in [-0.39, 0.29) is 0 Å². The first-order chi connectivity index (χ1) is 14.0. The Morgan fingerprint density at radius 2 is 1.34 bits per heavy atom. The molecule has 0 nitrogen and oxygen atoms in total. The van der Waals surface area contributed by atoms with Gasteiger partial charge in [-0.15, -0.1) is 0 Å². The van der Waals surface area contributed by atoms with Gasteiger partial charge in [0.05, 0.1) is 0 Å². The Bertz CT molecular complexity index is 878. The fraction of sp³-hybridized carbons (Fsp3) is 0.280. The van der Waals surface area contributed by atoms with Crippen LogP contribution in [0, 0.1) is 0 Å². The van der Waals surface area contributed by atoms with Gasteiger partial charge in [0, 0.05) is 0 Å². The molecule has 3 aromatic carbocycles. The summed E-state index contributed by atoms with van der Waals surface area (Å²) in [5.74, 6) is 0. The molecule has 1 aliphatic rings. The van der Waals surface area contributed by atoms with E-state index in [0.717, 1.165) is 11.3 Å². The van der Waals surface area contributed by atoms with Crippen LogP contribution in [0.15, 0.2) is 91.0 Å². The third kappa shape index (κ3) is 4.00. The standard InChI is InChI=1S/C25H34B2P2/c1-21(20-25-18-11-19-28(25,26)22-12-5-2-6-13-22)29(27,23-14-7-3-8-15-23)24-16-9-4-10-17-24/h2-10,12-17,21,25,28-29H,11,18-20,26-27H2,1H3/t21-,25-/m1/s1. The average Bonchev–Trinajstić information content (AvgIpc) is 3.16. The summed E-state index contributed by atoms with van der Waals surface area (Å²) in [5.41, 5.74) is 1.63. The Balaban J connectivity index is 1.68. The molecule has 0 aliphatic carbocycles. The molecule has 0 spiro atoms. The molecule has 0 saturated carbocycles. The van der Waals surface area contributed by atoms with E-state index >= 15 is 0 Å². The predicted molar refractivity (Wildman–Crippen MR) is 144 cm³/mol. The van der Waals surface area contributed by atoms with E-state index in [9.17, 15) is 0 Å². The van der Waals surface area contributed by atoms with Crippen LogP contribution in [0.3, 0.4) is 0 Å². The van der Waals surface area contributed by atoms with Gasteiger partial charge in [-0.2, -0.15) is 0 Å². The maximum atomic E-state index is 2.66. The Morgan fingerprint density at radius 1 is 0.862 bits per heavy atom. The van der Waals surface area contributed by atoms with Gasteiger partial charge < -0.3 is 0 Å². The van der Waals surface area contributed by atoms with Gasteiger partial charge in [-0.3, -0.25) is 0 Å². The maximum absolute atomic E-state index is 2.66. The molecule has 1 saturated heterocycles. The molecule has 1 fully saturated rings. The minimum atomic E-state index is -1.81. The molecule has 4 rings (SSSR count). The van der Waals surface area contributed by atoms with E-state index in [0.29, 0.717) is 0 Å². The molecule has 1 aliphatic heterocycles. The third-order valence-electron chi connectivity index (χ3n) is 7.95. The van der Waals surface area contributed by atoms with Crippen molar-refractivity contribution in [3.8, 4) is 0 Å². The van der Waals surface area contributed by atoms with Crippen molar-refractivity contribution >= 4 is 45.3 Å². The van der Waals surface area contributed by atoms with Gasteiger partial charge in [-0.05, 0) is 0 Å². The van der Waals surface area contributed by atoms with Gasteiger partial charge in [0.25, 0.3) is 0 Å². The molecule has 29 heavy (non-hydrogen) atoms. The van der Waals surface area contributed by atoms with Crippen molar-refractivity contribution in [1.29, 1.82) is 0 Å². The summed E-state index contributed by atoms with van der Waals surface area (Å²) in [6.45, 7) is 2.56. The molecule has 0 radical (unpaired) electrons. The molecule has 0 bridgehead atoms. The second kappa shape index (κ2) is 8.79. The first kappa shape index (κ1) is 20.9. The Morgan fingerprint density at radius 3 is 1.86 bits per heavy atom. The Hall–Kier alpha value is -1.35. The van der Waals surface area contributed by atoms with E-state index in [4.69, 9.17) is 0 Å². The van der Waals surface area contributed by atoms with Crippen molar-refractivity contribution in [2.45, 2.75) is 37.5 Å². The molecule has 4 heteroatoms. The molecule has 2 atom stereocenters. The summed E-state index contributed by atoms with van der Waals surface area (Å²) in [7, 11) is 2.05. The van der Waals surface area contributed by atoms with E-state index in [2.05, 4.69) is 113 Å². The van der Waals surface area contributed by atoms with Gasteiger partial charge in [0.15, 0.2) is 0 Å². The van der Waals surface area contributed by atoms with Gasteiger partial charge in [-0.25, -0.2) is 0 Å². The third-order valence-corrected chi connectivity index (χ3v) is 18.6. The van der Waals surface area contributed by atoms with Gasteiger partial charge in [0.1, 0.15) is 0 Å². The van der Waals surface area contributed by atoms with Crippen LogP contribution < -0.4 is 15.9 Å². The van der Waals surface area contributed by atoms with Crippen LogP contribution in [-0.4, -0.2) is 32.6 Å². The SMILES string of the molecule is B[PH]1(c2ccccc2)CCC[C@@H]1C[C@@H](C)[PH](B)(c1ccccc1)c1ccccc1. The molecule has 0 unspecified atom stereocenters. The van der Waals surface area contributed by atoms with Gasteiger partial charge in [-0.1, -0.05) is 0 Å². The van der Waals surface area contributed by atoms with E-state index < -0.39 is 14.3 Å². The first-order valence-corrected chi connectivity index (χ1v) is 16.6. The van der Waals surface area contributed by atoms with E-state index in [1.807, 2.05) is 0 Å². The van der Waals surface area contributed by atoms with Crippen LogP contribution in [0.1, 0.15) is 26.2 Å². The van der Waals surface area contributed by atoms with Gasteiger partial charge >= 0.3 is 180 Å². The molecule has 0 amide bonds. The summed E-state index contributed by atoms with van der Waals surface area (Å²) in [6.07, 6.45) is 5.69. The molecular weight excluding hydrogens is 384 g/mol. The van der Waals surface area contributed by atoms with Crippen molar-refractivity contribution in [3.05, 3.63) is 91.0 Å². The molecule has 0 aromatic heterocycles. The zero-order chi connectivity index (χ0) is 20.3. The summed E-state index contributed by atoms with van der Waals surface area (Å²) in [6, 6.07) is 34.3. The van der Waals surface area contributed by atoms with Crippen LogP contribution in [0.5, 0.6) is 0 Å². The first-order valence-electron chi connectivity index (χ1n) is 11.2. The zero-order valence-corrected chi connectivity index (χ0v) is 20.1. The van der Waals surface area contributed by atoms with Crippen LogP contribution in [-0.2, 0) is 0 Å². The predicted octanol–water partition coefficient (Wildman–Crippen LogP) is 3.50. The number of rotatable bonds is 6. The number of hydrogen-bond acceptors (Lipinski definition) is 0. The summed E-state index contributed by atoms with van der Waals surface area (Å²) >= 11 is 0. The number of benzene rings is 3. The van der Waals surface area contributed by atoms with Crippen molar-refractivity contribution in [3.63, 3.8) is 0 Å². The monoisotopic (exact) mass is 418 g/mol. The second-order valence-corrected chi connectivity index (χ2v) is 18.7. The topological polar surface area (TPSA) is 0 Å². The van der Waals surface area contributed by atoms with Crippen molar-refractivity contribution < 1.29 is 0 Å². The van der Waals surface area contributed by atoms with Crippen molar-refractivity contribution in [2.24, 2.45) is 0 Å². The normalized spacial score (nSPS) is 21.3.